The molecule has 2 heterocycles. The third-order valence-corrected chi connectivity index (χ3v) is 2.51. The monoisotopic (exact) mass is 208 g/mol. The average molecular weight is 208 g/mol. The second-order valence-electron chi connectivity index (χ2n) is 3.60. The van der Waals surface area contributed by atoms with E-state index in [-0.39, 0.29) is 0 Å². The molecular weight excluding hydrogens is 192 g/mol. The SMILES string of the molecule is C=CCOc1cnn(C2CCOCC2)c1. The fraction of sp³-hybridized carbons (Fsp3) is 0.545. The Bertz CT molecular complexity index is 316. The highest BCUT2D eigenvalue weighted by atomic mass is 16.5. The summed E-state index contributed by atoms with van der Waals surface area (Å²) in [5, 5.41) is 4.29. The van der Waals surface area contributed by atoms with Crippen LogP contribution in [0.1, 0.15) is 18.9 Å². The third-order valence-electron chi connectivity index (χ3n) is 2.51. The molecule has 15 heavy (non-hydrogen) atoms. The van der Waals surface area contributed by atoms with Gasteiger partial charge in [0.2, 0.25) is 0 Å². The van der Waals surface area contributed by atoms with E-state index in [9.17, 15) is 0 Å². The molecule has 82 valence electrons. The molecule has 0 amide bonds. The quantitative estimate of drug-likeness (QED) is 0.708. The molecule has 0 N–H and O–H groups in total. The van der Waals surface area contributed by atoms with Gasteiger partial charge in [-0.05, 0) is 12.8 Å². The van der Waals surface area contributed by atoms with E-state index in [4.69, 9.17) is 9.47 Å². The van der Waals surface area contributed by atoms with E-state index in [0.29, 0.717) is 12.6 Å². The Balaban J connectivity index is 1.95. The standard InChI is InChI=1S/C11H16N2O2/c1-2-5-15-11-8-12-13(9-11)10-3-6-14-7-4-10/h2,8-10H,1,3-7H2. The van der Waals surface area contributed by atoms with Gasteiger partial charge in [0.05, 0.1) is 18.4 Å². The maximum atomic E-state index is 5.39. The molecule has 1 aliphatic rings. The highest BCUT2D eigenvalue weighted by Gasteiger charge is 2.16. The summed E-state index contributed by atoms with van der Waals surface area (Å²) in [5.74, 6) is 0.807. The van der Waals surface area contributed by atoms with Gasteiger partial charge in [-0.25, -0.2) is 0 Å². The van der Waals surface area contributed by atoms with E-state index in [1.54, 1.807) is 12.3 Å². The Morgan fingerprint density at radius 3 is 3.13 bits per heavy atom. The van der Waals surface area contributed by atoms with E-state index in [0.717, 1.165) is 31.8 Å². The Labute approximate surface area is 89.5 Å². The number of rotatable bonds is 4. The van der Waals surface area contributed by atoms with Gasteiger partial charge in [0.1, 0.15) is 6.61 Å². The van der Waals surface area contributed by atoms with Crippen molar-refractivity contribution in [3.05, 3.63) is 25.0 Å². The van der Waals surface area contributed by atoms with Crippen LogP contribution in [-0.4, -0.2) is 29.6 Å². The van der Waals surface area contributed by atoms with Crippen LogP contribution in [0, 0.1) is 0 Å². The first kappa shape index (κ1) is 10.2. The highest BCUT2D eigenvalue weighted by molar-refractivity contribution is 5.12. The van der Waals surface area contributed by atoms with Gasteiger partial charge in [0.15, 0.2) is 5.75 Å². The predicted octanol–water partition coefficient (Wildman–Crippen LogP) is 1.80. The Hall–Kier alpha value is -1.29. The molecule has 0 atom stereocenters. The number of hydrogen-bond acceptors (Lipinski definition) is 3. The van der Waals surface area contributed by atoms with Gasteiger partial charge >= 0.3 is 0 Å². The van der Waals surface area contributed by atoms with Crippen LogP contribution in [-0.2, 0) is 4.74 Å². The van der Waals surface area contributed by atoms with Gasteiger partial charge < -0.3 is 9.47 Å². The molecule has 0 spiro atoms. The fourth-order valence-corrected chi connectivity index (χ4v) is 1.70. The minimum Gasteiger partial charge on any atom is -0.486 e. The van der Waals surface area contributed by atoms with Gasteiger partial charge in [0, 0.05) is 13.2 Å². The van der Waals surface area contributed by atoms with Crippen molar-refractivity contribution < 1.29 is 9.47 Å². The molecule has 0 saturated carbocycles. The number of aromatic nitrogens is 2. The number of nitrogens with zero attached hydrogens (tertiary/aromatic N) is 2. The lowest BCUT2D eigenvalue weighted by Gasteiger charge is -2.21. The van der Waals surface area contributed by atoms with Crippen molar-refractivity contribution in [1.29, 1.82) is 0 Å². The molecule has 1 fully saturated rings. The minimum atomic E-state index is 0.458. The van der Waals surface area contributed by atoms with Crippen molar-refractivity contribution in [3.8, 4) is 5.75 Å². The van der Waals surface area contributed by atoms with Crippen LogP contribution >= 0.6 is 0 Å². The van der Waals surface area contributed by atoms with Crippen LogP contribution in [0.15, 0.2) is 25.0 Å². The lowest BCUT2D eigenvalue weighted by atomic mass is 10.1. The molecule has 1 aromatic heterocycles. The summed E-state index contributed by atoms with van der Waals surface area (Å²) >= 11 is 0. The lowest BCUT2D eigenvalue weighted by molar-refractivity contribution is 0.0662. The molecule has 0 aliphatic carbocycles. The van der Waals surface area contributed by atoms with Crippen LogP contribution in [0.4, 0.5) is 0 Å². The summed E-state index contributed by atoms with van der Waals surface area (Å²) < 4.78 is 12.7. The van der Waals surface area contributed by atoms with Crippen molar-refractivity contribution in [1.82, 2.24) is 9.78 Å². The van der Waals surface area contributed by atoms with Crippen LogP contribution in [0.3, 0.4) is 0 Å². The Kier molecular flexibility index (Phi) is 3.40. The molecule has 1 aromatic rings. The molecule has 4 nitrogen and oxygen atoms in total. The molecule has 4 heteroatoms. The number of hydrogen-bond donors (Lipinski definition) is 0. The van der Waals surface area contributed by atoms with E-state index < -0.39 is 0 Å². The highest BCUT2D eigenvalue weighted by Crippen LogP contribution is 2.22. The zero-order chi connectivity index (χ0) is 10.5. The topological polar surface area (TPSA) is 36.3 Å². The van der Waals surface area contributed by atoms with Gasteiger partial charge in [-0.2, -0.15) is 5.10 Å². The van der Waals surface area contributed by atoms with Crippen LogP contribution < -0.4 is 4.74 Å². The van der Waals surface area contributed by atoms with Crippen LogP contribution in [0.5, 0.6) is 5.75 Å². The first-order valence-corrected chi connectivity index (χ1v) is 5.26. The molecule has 0 unspecified atom stereocenters. The van der Waals surface area contributed by atoms with E-state index in [1.807, 2.05) is 10.9 Å². The van der Waals surface area contributed by atoms with E-state index >= 15 is 0 Å². The summed E-state index contributed by atoms with van der Waals surface area (Å²) in [6.45, 7) is 5.78. The minimum absolute atomic E-state index is 0.458. The van der Waals surface area contributed by atoms with Gasteiger partial charge in [0.25, 0.3) is 0 Å². The maximum absolute atomic E-state index is 5.39. The zero-order valence-corrected chi connectivity index (χ0v) is 8.76. The lowest BCUT2D eigenvalue weighted by Crippen LogP contribution is -2.19. The molecule has 0 bridgehead atoms. The van der Waals surface area contributed by atoms with Crippen molar-refractivity contribution >= 4 is 0 Å². The molecule has 1 aliphatic heterocycles. The summed E-state index contributed by atoms with van der Waals surface area (Å²) in [6, 6.07) is 0.458. The number of ether oxygens (including phenoxy) is 2. The summed E-state index contributed by atoms with van der Waals surface area (Å²) in [4.78, 5) is 0. The van der Waals surface area contributed by atoms with E-state index in [1.165, 1.54) is 0 Å². The molecule has 0 radical (unpaired) electrons. The van der Waals surface area contributed by atoms with Crippen LogP contribution in [0.25, 0.3) is 0 Å². The summed E-state index contributed by atoms with van der Waals surface area (Å²) in [6.07, 6.45) is 7.48. The zero-order valence-electron chi connectivity index (χ0n) is 8.76. The molecular formula is C11H16N2O2. The third kappa shape index (κ3) is 2.59. The van der Waals surface area contributed by atoms with Crippen LogP contribution in [0.2, 0.25) is 0 Å². The summed E-state index contributed by atoms with van der Waals surface area (Å²) in [5.41, 5.74) is 0. The normalized spacial score (nSPS) is 17.6. The van der Waals surface area contributed by atoms with E-state index in [2.05, 4.69) is 11.7 Å². The molecule has 0 aromatic carbocycles. The molecule has 2 rings (SSSR count). The van der Waals surface area contributed by atoms with Crippen molar-refractivity contribution in [3.63, 3.8) is 0 Å². The predicted molar refractivity (Wildman–Crippen MR) is 57.0 cm³/mol. The second-order valence-corrected chi connectivity index (χ2v) is 3.60. The fourth-order valence-electron chi connectivity index (χ4n) is 1.70. The van der Waals surface area contributed by atoms with Gasteiger partial charge in [-0.1, -0.05) is 12.7 Å². The molecule has 1 saturated heterocycles. The first-order chi connectivity index (χ1) is 7.40. The first-order valence-electron chi connectivity index (χ1n) is 5.26. The smallest absolute Gasteiger partial charge is 0.157 e. The Morgan fingerprint density at radius 1 is 1.60 bits per heavy atom. The average Bonchev–Trinajstić information content (AvgIpc) is 2.76. The van der Waals surface area contributed by atoms with Crippen molar-refractivity contribution in [2.45, 2.75) is 18.9 Å². The maximum Gasteiger partial charge on any atom is 0.157 e. The van der Waals surface area contributed by atoms with Crippen molar-refractivity contribution in [2.75, 3.05) is 19.8 Å². The second kappa shape index (κ2) is 4.98. The van der Waals surface area contributed by atoms with Gasteiger partial charge in [-0.3, -0.25) is 4.68 Å². The Morgan fingerprint density at radius 2 is 2.40 bits per heavy atom. The van der Waals surface area contributed by atoms with Gasteiger partial charge in [-0.15, -0.1) is 0 Å². The summed E-state index contributed by atoms with van der Waals surface area (Å²) in [7, 11) is 0. The largest absolute Gasteiger partial charge is 0.486 e. The van der Waals surface area contributed by atoms with Crippen molar-refractivity contribution in [2.24, 2.45) is 0 Å².